The third-order valence-electron chi connectivity index (χ3n) is 7.21. The van der Waals surface area contributed by atoms with Crippen molar-refractivity contribution < 1.29 is 16.8 Å². The van der Waals surface area contributed by atoms with Crippen LogP contribution >= 0.6 is 0 Å². The zero-order valence-electron chi connectivity index (χ0n) is 19.0. The Labute approximate surface area is 194 Å². The first-order valence-corrected chi connectivity index (χ1v) is 14.5. The number of fused-ring (bicyclic) bond motifs is 1. The van der Waals surface area contributed by atoms with Crippen molar-refractivity contribution in [2.45, 2.75) is 43.5 Å². The van der Waals surface area contributed by atoms with E-state index in [9.17, 15) is 16.8 Å². The summed E-state index contributed by atoms with van der Waals surface area (Å²) in [4.78, 5) is 11.1. The van der Waals surface area contributed by atoms with Crippen LogP contribution in [0.1, 0.15) is 31.2 Å². The molecule has 1 aromatic carbocycles. The number of aromatic nitrogens is 3. The minimum atomic E-state index is -3.77. The molecule has 10 heteroatoms. The molecule has 3 aromatic rings. The lowest BCUT2D eigenvalue weighted by Crippen LogP contribution is -2.56. The Kier molecular flexibility index (Phi) is 5.09. The van der Waals surface area contributed by atoms with Gasteiger partial charge in [-0.3, -0.25) is 0 Å². The van der Waals surface area contributed by atoms with E-state index in [1.165, 1.54) is 22.8 Å². The van der Waals surface area contributed by atoms with Crippen molar-refractivity contribution in [2.24, 2.45) is 11.3 Å². The average molecular weight is 489 g/mol. The van der Waals surface area contributed by atoms with Gasteiger partial charge < -0.3 is 4.90 Å². The molecule has 0 atom stereocenters. The number of benzene rings is 1. The Hall–Kier alpha value is -2.46. The second-order valence-corrected chi connectivity index (χ2v) is 13.9. The molecule has 176 valence electrons. The third-order valence-corrected chi connectivity index (χ3v) is 9.96. The molecule has 2 aliphatic carbocycles. The van der Waals surface area contributed by atoms with Crippen molar-refractivity contribution in [1.82, 2.24) is 13.9 Å². The molecule has 0 radical (unpaired) electrons. The van der Waals surface area contributed by atoms with E-state index >= 15 is 0 Å². The first-order valence-electron chi connectivity index (χ1n) is 11.0. The quantitative estimate of drug-likeness (QED) is 0.525. The molecular weight excluding hydrogens is 460 g/mol. The Balaban J connectivity index is 1.36. The summed E-state index contributed by atoms with van der Waals surface area (Å²) in [5.74, 6) is 1.27. The third kappa shape index (κ3) is 3.93. The van der Waals surface area contributed by atoms with Crippen LogP contribution in [0.3, 0.4) is 0 Å². The highest BCUT2D eigenvalue weighted by Crippen LogP contribution is 2.60. The summed E-state index contributed by atoms with van der Waals surface area (Å²) in [6, 6.07) is 8.81. The van der Waals surface area contributed by atoms with Gasteiger partial charge in [0.2, 0.25) is 0 Å². The fraction of sp³-hybridized carbons (Fsp3) is 0.478. The minimum Gasteiger partial charge on any atom is -0.356 e. The van der Waals surface area contributed by atoms with Crippen molar-refractivity contribution in [2.75, 3.05) is 24.0 Å². The molecule has 2 heterocycles. The number of hydrogen-bond donors (Lipinski definition) is 0. The number of anilines is 1. The van der Waals surface area contributed by atoms with Crippen molar-refractivity contribution in [3.8, 4) is 0 Å². The van der Waals surface area contributed by atoms with Gasteiger partial charge in [0, 0.05) is 25.5 Å². The van der Waals surface area contributed by atoms with E-state index < -0.39 is 19.9 Å². The van der Waals surface area contributed by atoms with Crippen LogP contribution in [0, 0.1) is 18.3 Å². The molecule has 2 aliphatic rings. The molecule has 1 spiro atoms. The Morgan fingerprint density at radius 2 is 1.70 bits per heavy atom. The molecule has 8 nitrogen and oxygen atoms in total. The maximum Gasteiger partial charge on any atom is 0.269 e. The molecule has 2 saturated carbocycles. The number of hydrogen-bond acceptors (Lipinski definition) is 7. The van der Waals surface area contributed by atoms with E-state index in [1.807, 2.05) is 14.0 Å². The number of sulfone groups is 1. The predicted octanol–water partition coefficient (Wildman–Crippen LogP) is 3.02. The lowest BCUT2D eigenvalue weighted by atomic mass is 9.50. The normalized spacial score (nSPS) is 25.1. The zero-order valence-corrected chi connectivity index (χ0v) is 20.6. The topological polar surface area (TPSA) is 102 Å². The van der Waals surface area contributed by atoms with Crippen LogP contribution < -0.4 is 4.90 Å². The van der Waals surface area contributed by atoms with E-state index in [4.69, 9.17) is 0 Å². The van der Waals surface area contributed by atoms with Crippen molar-refractivity contribution in [3.05, 3.63) is 48.4 Å². The van der Waals surface area contributed by atoms with Gasteiger partial charge in [0.05, 0.1) is 16.0 Å². The zero-order chi connectivity index (χ0) is 23.6. The molecular formula is C23H28N4O4S2. The number of rotatable bonds is 6. The molecule has 2 aromatic heterocycles. The fourth-order valence-corrected chi connectivity index (χ4v) is 8.04. The fourth-order valence-electron chi connectivity index (χ4n) is 5.64. The molecule has 0 amide bonds. The highest BCUT2D eigenvalue weighted by molar-refractivity contribution is 7.90. The molecule has 2 fully saturated rings. The van der Waals surface area contributed by atoms with Crippen LogP contribution in [0.4, 0.5) is 5.82 Å². The summed E-state index contributed by atoms with van der Waals surface area (Å²) >= 11 is 0. The van der Waals surface area contributed by atoms with Gasteiger partial charge in [-0.05, 0) is 62.1 Å². The largest absolute Gasteiger partial charge is 0.356 e. The van der Waals surface area contributed by atoms with Gasteiger partial charge in [-0.1, -0.05) is 17.7 Å². The SMILES string of the molecule is Cc1ccc(S(=O)(=O)n2ccc3c(N(C)C4CC5(CC(CS(C)(=O)=O)C5)C4)ncnc32)cc1. The monoisotopic (exact) mass is 488 g/mol. The van der Waals surface area contributed by atoms with E-state index in [0.29, 0.717) is 22.9 Å². The highest BCUT2D eigenvalue weighted by atomic mass is 32.2. The molecule has 5 rings (SSSR count). The lowest BCUT2D eigenvalue weighted by Gasteiger charge is -2.59. The second kappa shape index (κ2) is 7.53. The van der Waals surface area contributed by atoms with Crippen LogP contribution in [0.25, 0.3) is 11.0 Å². The Morgan fingerprint density at radius 1 is 1.03 bits per heavy atom. The van der Waals surface area contributed by atoms with Crippen LogP contribution in [0.2, 0.25) is 0 Å². The van der Waals surface area contributed by atoms with Crippen LogP contribution in [0.15, 0.2) is 47.8 Å². The molecule has 0 aliphatic heterocycles. The average Bonchev–Trinajstić information content (AvgIpc) is 3.13. The first-order chi connectivity index (χ1) is 15.5. The number of aryl methyl sites for hydroxylation is 1. The summed E-state index contributed by atoms with van der Waals surface area (Å²) in [6.45, 7) is 1.91. The van der Waals surface area contributed by atoms with E-state index in [1.54, 1.807) is 30.3 Å². The predicted molar refractivity (Wildman–Crippen MR) is 128 cm³/mol. The van der Waals surface area contributed by atoms with E-state index in [2.05, 4.69) is 14.9 Å². The summed E-state index contributed by atoms with van der Waals surface area (Å²) in [7, 11) is -4.71. The summed E-state index contributed by atoms with van der Waals surface area (Å²) in [5, 5.41) is 0.695. The van der Waals surface area contributed by atoms with Gasteiger partial charge in [-0.25, -0.2) is 30.8 Å². The highest BCUT2D eigenvalue weighted by Gasteiger charge is 2.54. The standard InChI is InChI=1S/C23H28N4O4S2/c1-16-4-6-19(7-5-16)33(30,31)27-9-8-20-21(24-15-25-22(20)27)26(2)18-12-23(13-18)10-17(11-23)14-32(3,28)29/h4-9,15,17-18H,10-14H2,1-3H3. The Bertz CT molecular complexity index is 1410. The van der Waals surface area contributed by atoms with Gasteiger partial charge in [0.15, 0.2) is 5.65 Å². The molecule has 0 saturated heterocycles. The molecule has 0 N–H and O–H groups in total. The smallest absolute Gasteiger partial charge is 0.269 e. The molecule has 0 unspecified atom stereocenters. The van der Waals surface area contributed by atoms with Gasteiger partial charge >= 0.3 is 0 Å². The maximum atomic E-state index is 13.2. The molecule has 33 heavy (non-hydrogen) atoms. The molecule has 0 bridgehead atoms. The van der Waals surface area contributed by atoms with Gasteiger partial charge in [-0.15, -0.1) is 0 Å². The second-order valence-electron chi connectivity index (χ2n) is 9.90. The van der Waals surface area contributed by atoms with Gasteiger partial charge in [-0.2, -0.15) is 0 Å². The lowest BCUT2D eigenvalue weighted by molar-refractivity contribution is -0.0312. The van der Waals surface area contributed by atoms with Crippen LogP contribution in [-0.2, 0) is 19.9 Å². The summed E-state index contributed by atoms with van der Waals surface area (Å²) in [6.07, 6.45) is 8.19. The summed E-state index contributed by atoms with van der Waals surface area (Å²) in [5.41, 5.74) is 1.60. The van der Waals surface area contributed by atoms with Crippen molar-refractivity contribution in [3.63, 3.8) is 0 Å². The van der Waals surface area contributed by atoms with Gasteiger partial charge in [0.1, 0.15) is 22.0 Å². The van der Waals surface area contributed by atoms with E-state index in [-0.39, 0.29) is 22.0 Å². The van der Waals surface area contributed by atoms with Crippen LogP contribution in [0.5, 0.6) is 0 Å². The Morgan fingerprint density at radius 3 is 2.33 bits per heavy atom. The van der Waals surface area contributed by atoms with Gasteiger partial charge in [0.25, 0.3) is 10.0 Å². The van der Waals surface area contributed by atoms with Crippen molar-refractivity contribution in [1.29, 1.82) is 0 Å². The van der Waals surface area contributed by atoms with Crippen LogP contribution in [-0.4, -0.2) is 55.9 Å². The number of nitrogens with zero attached hydrogens (tertiary/aromatic N) is 4. The first kappa shape index (κ1) is 22.3. The minimum absolute atomic E-state index is 0.216. The summed E-state index contributed by atoms with van der Waals surface area (Å²) < 4.78 is 50.7. The van der Waals surface area contributed by atoms with Crippen molar-refractivity contribution >= 4 is 36.7 Å². The van der Waals surface area contributed by atoms with E-state index in [0.717, 1.165) is 31.2 Å². The maximum absolute atomic E-state index is 13.2.